The first-order chi connectivity index (χ1) is 14.4. The van der Waals surface area contributed by atoms with E-state index in [4.69, 9.17) is 4.74 Å². The summed E-state index contributed by atoms with van der Waals surface area (Å²) < 4.78 is 37.9. The Bertz CT molecular complexity index is 883. The van der Waals surface area contributed by atoms with Crippen LogP contribution in [-0.4, -0.2) is 13.0 Å². The van der Waals surface area contributed by atoms with Crippen molar-refractivity contribution in [2.75, 3.05) is 0 Å². The van der Waals surface area contributed by atoms with Crippen molar-refractivity contribution in [1.29, 1.82) is 0 Å². The molecule has 0 radical (unpaired) electrons. The molecule has 7 heteroatoms. The third-order valence-electron chi connectivity index (χ3n) is 5.16. The van der Waals surface area contributed by atoms with Crippen LogP contribution in [0.3, 0.4) is 0 Å². The summed E-state index contributed by atoms with van der Waals surface area (Å²) in [7, 11) is -4.54. The number of aryl methyl sites for hydroxylation is 1. The van der Waals surface area contributed by atoms with Crippen LogP contribution in [0.4, 0.5) is 0 Å². The molecule has 0 saturated carbocycles. The average Bonchev–Trinajstić information content (AvgIpc) is 2.70. The molecule has 0 amide bonds. The number of ether oxygens (including phenoxy) is 1. The van der Waals surface area contributed by atoms with E-state index in [1.54, 1.807) is 6.07 Å². The van der Waals surface area contributed by atoms with Crippen LogP contribution in [0.2, 0.25) is 0 Å². The van der Waals surface area contributed by atoms with E-state index in [9.17, 15) is 18.1 Å². The Morgan fingerprint density at radius 2 is 1.45 bits per heavy atom. The van der Waals surface area contributed by atoms with Crippen LogP contribution in [0.5, 0.6) is 17.2 Å². The molecular formula is C24H33NaO5S. The van der Waals surface area contributed by atoms with E-state index < -0.39 is 20.8 Å². The molecule has 5 nitrogen and oxygen atoms in total. The molecule has 2 rings (SSSR count). The van der Waals surface area contributed by atoms with Gasteiger partial charge in [0, 0.05) is 0 Å². The standard InChI is InChI=1S/C24H34O5S.Na/c1-2-3-4-5-6-7-8-9-10-11-14-20-15-12-16-21(19-20)29-24-22(25)17-13-18-23(24)30(26,27)28;/h12-13,15-19,25H,2-11,14H2,1H3,(H,26,27,28);/q;+1/p-1. The predicted molar refractivity (Wildman–Crippen MR) is 118 cm³/mol. The van der Waals surface area contributed by atoms with Gasteiger partial charge in [-0.3, -0.25) is 4.55 Å². The number of hydrogen-bond acceptors (Lipinski definition) is 4. The number of hydrogen-bond donors (Lipinski definition) is 1. The fourth-order valence-corrected chi connectivity index (χ4v) is 4.13. The second-order valence-corrected chi connectivity index (χ2v) is 9.13. The fraction of sp³-hybridized carbons (Fsp3) is 0.500. The SMILES string of the molecule is CCCCCCCCCCCCc1cccc(Oc2c([O-])cccc2S(=O)(=O)O)c1.[Na+]. The number of rotatable bonds is 14. The molecule has 2 aromatic rings. The van der Waals surface area contributed by atoms with Crippen LogP contribution in [0.1, 0.15) is 76.7 Å². The smallest absolute Gasteiger partial charge is 0.870 e. The van der Waals surface area contributed by atoms with Crippen molar-refractivity contribution in [3.05, 3.63) is 48.0 Å². The van der Waals surface area contributed by atoms with Crippen molar-refractivity contribution in [2.24, 2.45) is 0 Å². The maximum atomic E-state index is 12.0. The van der Waals surface area contributed by atoms with E-state index in [1.807, 2.05) is 18.2 Å². The van der Waals surface area contributed by atoms with Gasteiger partial charge >= 0.3 is 29.6 Å². The summed E-state index contributed by atoms with van der Waals surface area (Å²) in [6.07, 6.45) is 13.7. The molecule has 1 N–H and O–H groups in total. The number of unbranched alkanes of at least 4 members (excludes halogenated alkanes) is 9. The molecule has 166 valence electrons. The topological polar surface area (TPSA) is 86.7 Å². The van der Waals surface area contributed by atoms with Gasteiger partial charge in [0.1, 0.15) is 16.4 Å². The van der Waals surface area contributed by atoms with Crippen molar-refractivity contribution in [3.8, 4) is 17.2 Å². The van der Waals surface area contributed by atoms with Gasteiger partial charge in [-0.2, -0.15) is 8.42 Å². The molecule has 0 aliphatic rings. The second kappa shape index (κ2) is 14.9. The van der Waals surface area contributed by atoms with Crippen LogP contribution in [0, 0.1) is 0 Å². The fourth-order valence-electron chi connectivity index (χ4n) is 3.50. The van der Waals surface area contributed by atoms with Crippen molar-refractivity contribution in [2.45, 2.75) is 82.4 Å². The van der Waals surface area contributed by atoms with E-state index >= 15 is 0 Å². The zero-order valence-corrected chi connectivity index (χ0v) is 21.6. The maximum Gasteiger partial charge on any atom is 1.00 e. The van der Waals surface area contributed by atoms with E-state index in [2.05, 4.69) is 6.92 Å². The van der Waals surface area contributed by atoms with Crippen molar-refractivity contribution in [3.63, 3.8) is 0 Å². The summed E-state index contributed by atoms with van der Waals surface area (Å²) in [6, 6.07) is 10.9. The van der Waals surface area contributed by atoms with Crippen LogP contribution >= 0.6 is 0 Å². The van der Waals surface area contributed by atoms with Gasteiger partial charge in [-0.05, 0) is 36.6 Å². The first kappa shape index (κ1) is 28.0. The number of para-hydroxylation sites is 1. The Balaban J connectivity index is 0.00000480. The van der Waals surface area contributed by atoms with Gasteiger partial charge in [-0.15, -0.1) is 0 Å². The first-order valence-corrected chi connectivity index (χ1v) is 12.4. The molecule has 0 bridgehead atoms. The van der Waals surface area contributed by atoms with Crippen LogP contribution in [0.15, 0.2) is 47.4 Å². The van der Waals surface area contributed by atoms with E-state index in [-0.39, 0.29) is 35.3 Å². The minimum Gasteiger partial charge on any atom is -0.870 e. The number of benzene rings is 2. The molecule has 0 spiro atoms. The summed E-state index contributed by atoms with van der Waals surface area (Å²) >= 11 is 0. The normalized spacial score (nSPS) is 11.2. The van der Waals surface area contributed by atoms with Crippen molar-refractivity contribution >= 4 is 10.1 Å². The van der Waals surface area contributed by atoms with Gasteiger partial charge in [0.15, 0.2) is 0 Å². The Kier molecular flexibility index (Phi) is 13.5. The summed E-state index contributed by atoms with van der Waals surface area (Å²) in [4.78, 5) is -0.518. The summed E-state index contributed by atoms with van der Waals surface area (Å²) in [5, 5.41) is 12.0. The Labute approximate surface area is 209 Å². The molecule has 0 aliphatic carbocycles. The Morgan fingerprint density at radius 3 is 2.06 bits per heavy atom. The summed E-state index contributed by atoms with van der Waals surface area (Å²) in [6.45, 7) is 2.24. The largest absolute Gasteiger partial charge is 1.00 e. The van der Waals surface area contributed by atoms with Gasteiger partial charge in [0.05, 0.1) is 0 Å². The van der Waals surface area contributed by atoms with E-state index in [0.717, 1.165) is 24.5 Å². The molecule has 2 aromatic carbocycles. The van der Waals surface area contributed by atoms with Gasteiger partial charge in [-0.1, -0.05) is 94.7 Å². The Hall–Kier alpha value is -1.05. The van der Waals surface area contributed by atoms with E-state index in [1.165, 1.54) is 69.9 Å². The minimum absolute atomic E-state index is 0. The molecule has 0 aromatic heterocycles. The van der Waals surface area contributed by atoms with Crippen molar-refractivity contribution < 1.29 is 52.4 Å². The maximum absolute atomic E-state index is 12.0. The predicted octanol–water partition coefficient (Wildman–Crippen LogP) is 3.27. The summed E-state index contributed by atoms with van der Waals surface area (Å²) in [5.74, 6) is -0.589. The first-order valence-electron chi connectivity index (χ1n) is 11.0. The van der Waals surface area contributed by atoms with Crippen LogP contribution < -0.4 is 39.4 Å². The summed E-state index contributed by atoms with van der Waals surface area (Å²) in [5.41, 5.74) is 1.07. The molecule has 31 heavy (non-hydrogen) atoms. The molecule has 0 unspecified atom stereocenters. The molecular weight excluding hydrogens is 423 g/mol. The molecule has 0 saturated heterocycles. The van der Waals surface area contributed by atoms with Gasteiger partial charge in [0.2, 0.25) is 0 Å². The van der Waals surface area contributed by atoms with Crippen LogP contribution in [-0.2, 0) is 16.5 Å². The van der Waals surface area contributed by atoms with Gasteiger partial charge < -0.3 is 9.84 Å². The molecule has 0 fully saturated rings. The molecule has 0 heterocycles. The quantitative estimate of drug-likeness (QED) is 0.268. The Morgan fingerprint density at radius 1 is 0.871 bits per heavy atom. The zero-order valence-electron chi connectivity index (χ0n) is 18.8. The van der Waals surface area contributed by atoms with Gasteiger partial charge in [0.25, 0.3) is 10.1 Å². The second-order valence-electron chi connectivity index (χ2n) is 7.74. The third-order valence-corrected chi connectivity index (χ3v) is 6.04. The minimum atomic E-state index is -4.54. The molecule has 0 atom stereocenters. The van der Waals surface area contributed by atoms with E-state index in [0.29, 0.717) is 5.75 Å². The zero-order chi connectivity index (χ0) is 21.8. The van der Waals surface area contributed by atoms with Crippen molar-refractivity contribution in [1.82, 2.24) is 0 Å². The van der Waals surface area contributed by atoms with Crippen LogP contribution in [0.25, 0.3) is 0 Å². The van der Waals surface area contributed by atoms with Gasteiger partial charge in [-0.25, -0.2) is 0 Å². The monoisotopic (exact) mass is 456 g/mol. The third kappa shape index (κ3) is 10.4. The molecule has 0 aliphatic heterocycles. The average molecular weight is 457 g/mol.